The third-order valence-corrected chi connectivity index (χ3v) is 4.57. The maximum atomic E-state index is 13.5. The Morgan fingerprint density at radius 1 is 1.26 bits per heavy atom. The topological polar surface area (TPSA) is 29.3 Å². The largest absolute Gasteiger partial charge is 0.326 e. The van der Waals surface area contributed by atoms with Crippen molar-refractivity contribution in [2.75, 3.05) is 6.54 Å². The van der Waals surface area contributed by atoms with Gasteiger partial charge in [-0.25, -0.2) is 4.39 Å². The molecule has 0 aliphatic carbocycles. The SMILES string of the molecule is NCc1cc(F)cc(CN2CCc3sccc3C2)c1. The molecule has 1 aromatic carbocycles. The fourth-order valence-electron chi connectivity index (χ4n) is 2.63. The van der Waals surface area contributed by atoms with E-state index < -0.39 is 0 Å². The highest BCUT2D eigenvalue weighted by Gasteiger charge is 2.17. The molecule has 0 amide bonds. The quantitative estimate of drug-likeness (QED) is 0.934. The molecule has 0 spiro atoms. The predicted octanol–water partition coefficient (Wildman–Crippen LogP) is 2.90. The molecule has 0 unspecified atom stereocenters. The van der Waals surface area contributed by atoms with Gasteiger partial charge in [0.15, 0.2) is 0 Å². The first-order valence-corrected chi connectivity index (χ1v) is 7.38. The zero-order valence-corrected chi connectivity index (χ0v) is 11.5. The van der Waals surface area contributed by atoms with Crippen LogP contribution in [0.1, 0.15) is 21.6 Å². The van der Waals surface area contributed by atoms with Crippen LogP contribution in [-0.4, -0.2) is 11.4 Å². The van der Waals surface area contributed by atoms with E-state index in [1.165, 1.54) is 16.5 Å². The van der Waals surface area contributed by atoms with Crippen molar-refractivity contribution in [2.24, 2.45) is 5.73 Å². The van der Waals surface area contributed by atoms with Crippen LogP contribution in [0.4, 0.5) is 4.39 Å². The lowest BCUT2D eigenvalue weighted by molar-refractivity contribution is 0.247. The Morgan fingerprint density at radius 3 is 2.95 bits per heavy atom. The second kappa shape index (κ2) is 5.41. The minimum atomic E-state index is -0.189. The molecule has 0 atom stereocenters. The van der Waals surface area contributed by atoms with Gasteiger partial charge in [-0.1, -0.05) is 6.07 Å². The zero-order chi connectivity index (χ0) is 13.2. The molecule has 1 aliphatic heterocycles. The van der Waals surface area contributed by atoms with Gasteiger partial charge in [0.2, 0.25) is 0 Å². The first kappa shape index (κ1) is 12.8. The summed E-state index contributed by atoms with van der Waals surface area (Å²) in [6.07, 6.45) is 1.10. The van der Waals surface area contributed by atoms with E-state index in [2.05, 4.69) is 16.3 Å². The zero-order valence-electron chi connectivity index (χ0n) is 10.7. The number of nitrogens with zero attached hydrogens (tertiary/aromatic N) is 1. The van der Waals surface area contributed by atoms with Gasteiger partial charge in [0.1, 0.15) is 5.82 Å². The number of thiophene rings is 1. The number of nitrogens with two attached hydrogens (primary N) is 1. The third-order valence-electron chi connectivity index (χ3n) is 3.55. The van der Waals surface area contributed by atoms with Gasteiger partial charge in [0.05, 0.1) is 0 Å². The molecule has 2 N–H and O–H groups in total. The second-order valence-corrected chi connectivity index (χ2v) is 6.00. The van der Waals surface area contributed by atoms with Gasteiger partial charge >= 0.3 is 0 Å². The van der Waals surface area contributed by atoms with Crippen LogP contribution in [0.5, 0.6) is 0 Å². The summed E-state index contributed by atoms with van der Waals surface area (Å²) in [7, 11) is 0. The monoisotopic (exact) mass is 276 g/mol. The Balaban J connectivity index is 1.74. The number of hydrogen-bond donors (Lipinski definition) is 1. The highest BCUT2D eigenvalue weighted by atomic mass is 32.1. The molecular weight excluding hydrogens is 259 g/mol. The molecule has 4 heteroatoms. The molecule has 0 radical (unpaired) electrons. The molecule has 1 aromatic heterocycles. The third kappa shape index (κ3) is 2.86. The van der Waals surface area contributed by atoms with E-state index >= 15 is 0 Å². The van der Waals surface area contributed by atoms with E-state index in [0.29, 0.717) is 6.54 Å². The van der Waals surface area contributed by atoms with Gasteiger partial charge in [-0.15, -0.1) is 11.3 Å². The molecule has 2 nitrogen and oxygen atoms in total. The lowest BCUT2D eigenvalue weighted by Crippen LogP contribution is -2.29. The van der Waals surface area contributed by atoms with E-state index in [1.807, 2.05) is 17.4 Å². The first-order chi connectivity index (χ1) is 9.24. The minimum absolute atomic E-state index is 0.189. The summed E-state index contributed by atoms with van der Waals surface area (Å²) < 4.78 is 13.5. The van der Waals surface area contributed by atoms with Gasteiger partial charge in [-0.2, -0.15) is 0 Å². The standard InChI is InChI=1S/C15H17FN2S/c16-14-6-11(8-17)5-12(7-14)9-18-3-1-15-13(10-18)2-4-19-15/h2,4-7H,1,3,8-10,17H2. The Bertz CT molecular complexity index is 579. The van der Waals surface area contributed by atoms with Crippen molar-refractivity contribution in [3.63, 3.8) is 0 Å². The van der Waals surface area contributed by atoms with E-state index in [-0.39, 0.29) is 5.82 Å². The Kier molecular flexibility index (Phi) is 3.64. The summed E-state index contributed by atoms with van der Waals surface area (Å²) in [5.41, 5.74) is 8.89. The van der Waals surface area contributed by atoms with Crippen molar-refractivity contribution in [2.45, 2.75) is 26.1 Å². The number of fused-ring (bicyclic) bond motifs is 1. The maximum absolute atomic E-state index is 13.5. The Morgan fingerprint density at radius 2 is 2.11 bits per heavy atom. The second-order valence-electron chi connectivity index (χ2n) is 5.00. The molecule has 19 heavy (non-hydrogen) atoms. The van der Waals surface area contributed by atoms with Crippen molar-refractivity contribution in [3.8, 4) is 0 Å². The average molecular weight is 276 g/mol. The molecule has 0 fully saturated rings. The fourth-order valence-corrected chi connectivity index (χ4v) is 3.52. The van der Waals surface area contributed by atoms with Crippen molar-refractivity contribution >= 4 is 11.3 Å². The smallest absolute Gasteiger partial charge is 0.123 e. The van der Waals surface area contributed by atoms with Gasteiger partial charge in [0, 0.05) is 31.1 Å². The van der Waals surface area contributed by atoms with E-state index in [1.54, 1.807) is 6.07 Å². The van der Waals surface area contributed by atoms with Gasteiger partial charge in [-0.3, -0.25) is 4.90 Å². The number of benzene rings is 1. The van der Waals surface area contributed by atoms with Gasteiger partial charge in [-0.05, 0) is 46.7 Å². The van der Waals surface area contributed by atoms with E-state index in [0.717, 1.165) is 37.2 Å². The summed E-state index contributed by atoms with van der Waals surface area (Å²) in [4.78, 5) is 3.86. The van der Waals surface area contributed by atoms with Crippen molar-refractivity contribution < 1.29 is 4.39 Å². The summed E-state index contributed by atoms with van der Waals surface area (Å²) in [6.45, 7) is 3.19. The van der Waals surface area contributed by atoms with Crippen molar-refractivity contribution in [1.29, 1.82) is 0 Å². The van der Waals surface area contributed by atoms with Gasteiger partial charge < -0.3 is 5.73 Å². The number of hydrogen-bond acceptors (Lipinski definition) is 3. The van der Waals surface area contributed by atoms with Crippen LogP contribution in [0.3, 0.4) is 0 Å². The molecule has 0 saturated carbocycles. The van der Waals surface area contributed by atoms with Crippen LogP contribution < -0.4 is 5.73 Å². The Labute approximate surface area is 116 Å². The molecule has 2 heterocycles. The molecule has 1 aliphatic rings. The maximum Gasteiger partial charge on any atom is 0.123 e. The summed E-state index contributed by atoms with van der Waals surface area (Å²) in [5.74, 6) is -0.189. The lowest BCUT2D eigenvalue weighted by Gasteiger charge is -2.27. The van der Waals surface area contributed by atoms with Crippen LogP contribution in [0.15, 0.2) is 29.6 Å². The molecular formula is C15H17FN2S. The molecule has 100 valence electrons. The molecule has 2 aromatic rings. The van der Waals surface area contributed by atoms with Crippen LogP contribution in [-0.2, 0) is 26.1 Å². The normalized spacial score (nSPS) is 15.5. The highest BCUT2D eigenvalue weighted by Crippen LogP contribution is 2.25. The summed E-state index contributed by atoms with van der Waals surface area (Å²) >= 11 is 1.84. The Hall–Kier alpha value is -1.23. The van der Waals surface area contributed by atoms with Crippen molar-refractivity contribution in [3.05, 3.63) is 57.0 Å². The van der Waals surface area contributed by atoms with Gasteiger partial charge in [0.25, 0.3) is 0 Å². The van der Waals surface area contributed by atoms with Crippen molar-refractivity contribution in [1.82, 2.24) is 4.90 Å². The van der Waals surface area contributed by atoms with Crippen LogP contribution in [0.25, 0.3) is 0 Å². The van der Waals surface area contributed by atoms with Crippen LogP contribution >= 0.6 is 11.3 Å². The first-order valence-electron chi connectivity index (χ1n) is 6.50. The molecule has 3 rings (SSSR count). The lowest BCUT2D eigenvalue weighted by atomic mass is 10.1. The minimum Gasteiger partial charge on any atom is -0.326 e. The summed E-state index contributed by atoms with van der Waals surface area (Å²) in [6, 6.07) is 7.33. The average Bonchev–Trinajstić information content (AvgIpc) is 2.85. The molecule has 0 saturated heterocycles. The van der Waals surface area contributed by atoms with Crippen LogP contribution in [0, 0.1) is 5.82 Å². The highest BCUT2D eigenvalue weighted by molar-refractivity contribution is 7.10. The summed E-state index contributed by atoms with van der Waals surface area (Å²) in [5, 5.41) is 2.16. The van der Waals surface area contributed by atoms with E-state index in [4.69, 9.17) is 5.73 Å². The predicted molar refractivity (Wildman–Crippen MR) is 76.4 cm³/mol. The van der Waals surface area contributed by atoms with Crippen LogP contribution in [0.2, 0.25) is 0 Å². The fraction of sp³-hybridized carbons (Fsp3) is 0.333. The number of halogens is 1. The number of rotatable bonds is 3. The molecule has 0 bridgehead atoms. The van der Waals surface area contributed by atoms with E-state index in [9.17, 15) is 4.39 Å².